The van der Waals surface area contributed by atoms with Gasteiger partial charge in [-0.15, -0.1) is 11.3 Å². The van der Waals surface area contributed by atoms with E-state index in [2.05, 4.69) is 15.2 Å². The van der Waals surface area contributed by atoms with Crippen LogP contribution in [-0.2, 0) is 5.67 Å². The van der Waals surface area contributed by atoms with Crippen molar-refractivity contribution in [3.05, 3.63) is 59.0 Å². The van der Waals surface area contributed by atoms with E-state index in [1.165, 1.54) is 11.3 Å². The molecule has 146 valence electrons. The van der Waals surface area contributed by atoms with Crippen molar-refractivity contribution >= 4 is 17.2 Å². The first-order chi connectivity index (χ1) is 13.5. The Morgan fingerprint density at radius 2 is 2.36 bits per heavy atom. The molecule has 4 heterocycles. The van der Waals surface area contributed by atoms with Gasteiger partial charge >= 0.3 is 0 Å². The first-order valence-electron chi connectivity index (χ1n) is 9.51. The average molecular weight is 399 g/mol. The maximum Gasteiger partial charge on any atom is 0.254 e. The van der Waals surface area contributed by atoms with Crippen LogP contribution in [0.1, 0.15) is 47.8 Å². The van der Waals surface area contributed by atoms with Crippen molar-refractivity contribution in [1.29, 1.82) is 0 Å². The monoisotopic (exact) mass is 398 g/mol. The van der Waals surface area contributed by atoms with Gasteiger partial charge in [0.1, 0.15) is 0 Å². The molecule has 3 aromatic heterocycles. The number of piperidine rings is 1. The Balaban J connectivity index is 1.55. The number of H-pyrrole nitrogens is 1. The molecule has 2 unspecified atom stereocenters. The quantitative estimate of drug-likeness (QED) is 0.692. The number of carbonyl (C=O) groups is 1. The minimum Gasteiger partial charge on any atom is -0.335 e. The molecule has 28 heavy (non-hydrogen) atoms. The summed E-state index contributed by atoms with van der Waals surface area (Å²) in [6, 6.07) is 5.46. The third kappa shape index (κ3) is 3.35. The summed E-state index contributed by atoms with van der Waals surface area (Å²) in [6.07, 6.45) is 6.45. The largest absolute Gasteiger partial charge is 0.335 e. The second-order valence-electron chi connectivity index (χ2n) is 7.34. The summed E-state index contributed by atoms with van der Waals surface area (Å²) in [4.78, 5) is 20.3. The van der Waals surface area contributed by atoms with E-state index >= 15 is 4.39 Å². The van der Waals surface area contributed by atoms with Gasteiger partial charge in [0, 0.05) is 53.6 Å². The number of halogens is 1. The second kappa shape index (κ2) is 7.47. The lowest BCUT2D eigenvalue weighted by molar-refractivity contribution is 0.0116. The van der Waals surface area contributed by atoms with Crippen molar-refractivity contribution in [3.8, 4) is 10.4 Å². The van der Waals surface area contributed by atoms with Gasteiger partial charge in [0.15, 0.2) is 5.67 Å². The number of aromatic nitrogens is 3. The molecule has 7 heteroatoms. The Bertz CT molecular complexity index is 970. The molecule has 1 aliphatic rings. The van der Waals surface area contributed by atoms with Crippen LogP contribution in [0.4, 0.5) is 4.39 Å². The summed E-state index contributed by atoms with van der Waals surface area (Å²) in [7, 11) is 0. The summed E-state index contributed by atoms with van der Waals surface area (Å²) in [5.41, 5.74) is 1.50. The van der Waals surface area contributed by atoms with E-state index in [-0.39, 0.29) is 24.8 Å². The summed E-state index contributed by atoms with van der Waals surface area (Å²) in [5.74, 6) is -0.0300. The molecule has 0 aliphatic carbocycles. The Kier molecular flexibility index (Phi) is 5.02. The van der Waals surface area contributed by atoms with E-state index in [9.17, 15) is 4.79 Å². The lowest BCUT2D eigenvalue weighted by Gasteiger charge is -2.42. The third-order valence-electron chi connectivity index (χ3n) is 5.54. The minimum atomic E-state index is -1.49. The molecule has 0 radical (unpaired) electrons. The first kappa shape index (κ1) is 18.8. The van der Waals surface area contributed by atoms with Crippen molar-refractivity contribution in [3.63, 3.8) is 0 Å². The van der Waals surface area contributed by atoms with Crippen molar-refractivity contribution in [1.82, 2.24) is 20.1 Å². The molecule has 3 aromatic rings. The molecule has 1 N–H and O–H groups in total. The van der Waals surface area contributed by atoms with E-state index in [0.29, 0.717) is 24.2 Å². The number of aryl methyl sites for hydroxylation is 1. The lowest BCUT2D eigenvalue weighted by atomic mass is 9.82. The van der Waals surface area contributed by atoms with E-state index in [4.69, 9.17) is 0 Å². The van der Waals surface area contributed by atoms with Gasteiger partial charge in [-0.25, -0.2) is 4.39 Å². The number of likely N-dealkylation sites (tertiary alicyclic amines) is 1. The number of alkyl halides is 1. The number of amides is 1. The first-order valence-corrected chi connectivity index (χ1v) is 10.4. The maximum atomic E-state index is 15.8. The molecule has 1 saturated heterocycles. The number of carbonyl (C=O) groups excluding carboxylic acids is 1. The summed E-state index contributed by atoms with van der Waals surface area (Å²) < 4.78 is 15.8. The maximum absolute atomic E-state index is 15.8. The van der Waals surface area contributed by atoms with Crippen LogP contribution in [-0.4, -0.2) is 38.6 Å². The number of hydrogen-bond acceptors (Lipinski definition) is 4. The topological polar surface area (TPSA) is 61.9 Å². The number of nitrogens with one attached hydrogen (secondary N) is 1. The van der Waals surface area contributed by atoms with Gasteiger partial charge in [0.05, 0.1) is 17.5 Å². The SMILES string of the molecule is CCC1CC(F)(c2ncccc2C)CCN1C(=O)c1csc(-c2cn[nH]c2)c1. The van der Waals surface area contributed by atoms with E-state index in [1.54, 1.807) is 12.4 Å². The zero-order valence-electron chi connectivity index (χ0n) is 16.0. The number of nitrogens with zero attached hydrogens (tertiary/aromatic N) is 3. The molecule has 4 rings (SSSR count). The average Bonchev–Trinajstić information content (AvgIpc) is 3.39. The standard InChI is InChI=1S/C21H23FN4OS/c1-3-17-10-21(22,19-14(2)5-4-7-23-19)6-8-26(17)20(27)15-9-18(28-13-15)16-11-24-25-12-16/h4-5,7,9,11-13,17H,3,6,8,10H2,1-2H3,(H,24,25). The van der Waals surface area contributed by atoms with Crippen LogP contribution in [0.25, 0.3) is 10.4 Å². The fourth-order valence-electron chi connectivity index (χ4n) is 4.02. The minimum absolute atomic E-state index is 0.0300. The van der Waals surface area contributed by atoms with Crippen LogP contribution in [0.5, 0.6) is 0 Å². The number of aromatic amines is 1. The molecule has 5 nitrogen and oxygen atoms in total. The highest BCUT2D eigenvalue weighted by Gasteiger charge is 2.44. The van der Waals surface area contributed by atoms with Crippen LogP contribution >= 0.6 is 11.3 Å². The van der Waals surface area contributed by atoms with E-state index < -0.39 is 5.67 Å². The Hall–Kier alpha value is -2.54. The highest BCUT2D eigenvalue weighted by Crippen LogP contribution is 2.41. The lowest BCUT2D eigenvalue weighted by Crippen LogP contribution is -2.50. The van der Waals surface area contributed by atoms with Crippen LogP contribution < -0.4 is 0 Å². The molecule has 0 saturated carbocycles. The smallest absolute Gasteiger partial charge is 0.254 e. The van der Waals surface area contributed by atoms with Gasteiger partial charge < -0.3 is 4.90 Å². The fraction of sp³-hybridized carbons (Fsp3) is 0.381. The summed E-state index contributed by atoms with van der Waals surface area (Å²) >= 11 is 1.52. The number of rotatable bonds is 4. The van der Waals surface area contributed by atoms with Crippen LogP contribution in [0.3, 0.4) is 0 Å². The number of hydrogen-bond donors (Lipinski definition) is 1. The van der Waals surface area contributed by atoms with Gasteiger partial charge in [-0.3, -0.25) is 14.9 Å². The predicted molar refractivity (Wildman–Crippen MR) is 108 cm³/mol. The van der Waals surface area contributed by atoms with Crippen molar-refractivity contribution in [2.24, 2.45) is 0 Å². The molecule has 0 aromatic carbocycles. The van der Waals surface area contributed by atoms with Gasteiger partial charge in [-0.1, -0.05) is 13.0 Å². The third-order valence-corrected chi connectivity index (χ3v) is 6.52. The Morgan fingerprint density at radius 3 is 3.07 bits per heavy atom. The molecular weight excluding hydrogens is 375 g/mol. The fourth-order valence-corrected chi connectivity index (χ4v) is 4.88. The molecule has 0 spiro atoms. The van der Waals surface area contributed by atoms with Gasteiger partial charge in [-0.05, 0) is 31.0 Å². The van der Waals surface area contributed by atoms with Gasteiger partial charge in [0.25, 0.3) is 5.91 Å². The molecule has 2 atom stereocenters. The molecule has 1 fully saturated rings. The zero-order valence-corrected chi connectivity index (χ0v) is 16.8. The van der Waals surface area contributed by atoms with Gasteiger partial charge in [-0.2, -0.15) is 5.10 Å². The predicted octanol–water partition coefficient (Wildman–Crippen LogP) is 4.72. The normalized spacial score (nSPS) is 22.4. The van der Waals surface area contributed by atoms with Crippen molar-refractivity contribution < 1.29 is 9.18 Å². The Labute approximate surface area is 167 Å². The van der Waals surface area contributed by atoms with Crippen LogP contribution in [0, 0.1) is 6.92 Å². The Morgan fingerprint density at radius 1 is 1.50 bits per heavy atom. The summed E-state index contributed by atoms with van der Waals surface area (Å²) in [6.45, 7) is 4.29. The molecule has 1 aliphatic heterocycles. The van der Waals surface area contributed by atoms with Crippen molar-refractivity contribution in [2.75, 3.05) is 6.54 Å². The van der Waals surface area contributed by atoms with Crippen LogP contribution in [0.15, 0.2) is 42.2 Å². The highest BCUT2D eigenvalue weighted by molar-refractivity contribution is 7.13. The van der Waals surface area contributed by atoms with E-state index in [0.717, 1.165) is 16.0 Å². The number of thiophene rings is 1. The molecule has 1 amide bonds. The zero-order chi connectivity index (χ0) is 19.7. The van der Waals surface area contributed by atoms with Crippen LogP contribution in [0.2, 0.25) is 0 Å². The second-order valence-corrected chi connectivity index (χ2v) is 8.25. The number of pyridine rings is 1. The highest BCUT2D eigenvalue weighted by atomic mass is 32.1. The molecule has 0 bridgehead atoms. The van der Waals surface area contributed by atoms with Gasteiger partial charge in [0.2, 0.25) is 0 Å². The van der Waals surface area contributed by atoms with Crippen molar-refractivity contribution in [2.45, 2.75) is 44.8 Å². The molecular formula is C21H23FN4OS. The van der Waals surface area contributed by atoms with E-state index in [1.807, 2.05) is 48.5 Å². The summed E-state index contributed by atoms with van der Waals surface area (Å²) in [5, 5.41) is 8.62.